The number of benzene rings is 1. The first kappa shape index (κ1) is 15.4. The Morgan fingerprint density at radius 2 is 2.05 bits per heavy atom. The van der Waals surface area contributed by atoms with Gasteiger partial charge in [0.2, 0.25) is 0 Å². The van der Waals surface area contributed by atoms with Crippen molar-refractivity contribution >= 4 is 21.6 Å². The quantitative estimate of drug-likeness (QED) is 0.834. The lowest BCUT2D eigenvalue weighted by Gasteiger charge is -2.51. The van der Waals surface area contributed by atoms with Gasteiger partial charge in [-0.3, -0.25) is 0 Å². The second-order valence-corrected chi connectivity index (χ2v) is 7.61. The third kappa shape index (κ3) is 3.00. The van der Waals surface area contributed by atoms with Crippen molar-refractivity contribution in [1.82, 2.24) is 5.32 Å². The Morgan fingerprint density at radius 1 is 1.29 bits per heavy atom. The molecular formula is C18H27BrN2. The molecule has 1 saturated heterocycles. The van der Waals surface area contributed by atoms with E-state index in [1.807, 2.05) is 0 Å². The summed E-state index contributed by atoms with van der Waals surface area (Å²) in [6.07, 6.45) is 8.05. The predicted octanol–water partition coefficient (Wildman–Crippen LogP) is 4.65. The average Bonchev–Trinajstić information content (AvgIpc) is 2.51. The van der Waals surface area contributed by atoms with Crippen LogP contribution in [0.1, 0.15) is 51.0 Å². The van der Waals surface area contributed by atoms with Crippen LogP contribution in [-0.2, 0) is 0 Å². The fourth-order valence-electron chi connectivity index (χ4n) is 4.02. The van der Waals surface area contributed by atoms with Crippen LogP contribution in [-0.4, -0.2) is 24.7 Å². The number of nitrogens with one attached hydrogen (secondary N) is 1. The smallest absolute Gasteiger partial charge is 0.0516 e. The van der Waals surface area contributed by atoms with Crippen LogP contribution < -0.4 is 10.2 Å². The normalized spacial score (nSPS) is 25.3. The molecule has 1 aromatic rings. The van der Waals surface area contributed by atoms with Gasteiger partial charge >= 0.3 is 0 Å². The number of hydrogen-bond acceptors (Lipinski definition) is 2. The highest BCUT2D eigenvalue weighted by Crippen LogP contribution is 2.37. The van der Waals surface area contributed by atoms with E-state index in [0.29, 0.717) is 11.6 Å². The summed E-state index contributed by atoms with van der Waals surface area (Å²) in [6, 6.07) is 7.27. The molecule has 2 fully saturated rings. The molecule has 1 unspecified atom stereocenters. The Morgan fingerprint density at radius 3 is 2.76 bits per heavy atom. The van der Waals surface area contributed by atoms with E-state index in [-0.39, 0.29) is 0 Å². The Balaban J connectivity index is 1.90. The summed E-state index contributed by atoms with van der Waals surface area (Å²) in [7, 11) is 0. The molecule has 2 aliphatic rings. The first-order chi connectivity index (χ1) is 10.2. The Kier molecular flexibility index (Phi) is 4.60. The van der Waals surface area contributed by atoms with Gasteiger partial charge in [0.1, 0.15) is 0 Å². The summed E-state index contributed by atoms with van der Waals surface area (Å²) >= 11 is 3.82. The van der Waals surface area contributed by atoms with Crippen molar-refractivity contribution < 1.29 is 0 Å². The molecule has 1 aliphatic carbocycles. The molecule has 1 N–H and O–H groups in total. The van der Waals surface area contributed by atoms with Crippen LogP contribution >= 0.6 is 15.9 Å². The number of anilines is 1. The molecule has 1 aliphatic heterocycles. The van der Waals surface area contributed by atoms with Crippen LogP contribution in [0.15, 0.2) is 22.7 Å². The number of aryl methyl sites for hydroxylation is 1. The zero-order valence-electron chi connectivity index (χ0n) is 13.3. The van der Waals surface area contributed by atoms with E-state index >= 15 is 0 Å². The minimum Gasteiger partial charge on any atom is -0.365 e. The van der Waals surface area contributed by atoms with Crippen molar-refractivity contribution in [3.8, 4) is 0 Å². The molecular weight excluding hydrogens is 324 g/mol. The highest BCUT2D eigenvalue weighted by molar-refractivity contribution is 9.10. The van der Waals surface area contributed by atoms with Crippen LogP contribution in [0.5, 0.6) is 0 Å². The van der Waals surface area contributed by atoms with Gasteiger partial charge < -0.3 is 10.2 Å². The molecule has 3 heteroatoms. The van der Waals surface area contributed by atoms with E-state index in [4.69, 9.17) is 0 Å². The van der Waals surface area contributed by atoms with Gasteiger partial charge in [-0.05, 0) is 53.7 Å². The molecule has 1 aromatic carbocycles. The maximum absolute atomic E-state index is 3.91. The van der Waals surface area contributed by atoms with Gasteiger partial charge in [0.15, 0.2) is 0 Å². The highest BCUT2D eigenvalue weighted by atomic mass is 79.9. The zero-order chi connectivity index (χ0) is 14.9. The Labute approximate surface area is 137 Å². The molecule has 1 heterocycles. The Hall–Kier alpha value is -0.540. The number of hydrogen-bond donors (Lipinski definition) is 1. The van der Waals surface area contributed by atoms with Crippen LogP contribution in [0.3, 0.4) is 0 Å². The molecule has 2 nitrogen and oxygen atoms in total. The molecule has 0 amide bonds. The van der Waals surface area contributed by atoms with Gasteiger partial charge in [-0.2, -0.15) is 0 Å². The second kappa shape index (κ2) is 6.29. The standard InChI is InChI=1S/C18H27BrN2/c1-3-15-12-20-18(10-5-4-6-11-18)13-21(15)16-9-7-8-14(2)17(16)19/h7-9,15,20H,3-6,10-13H2,1-2H3. The average molecular weight is 351 g/mol. The summed E-state index contributed by atoms with van der Waals surface area (Å²) in [5.74, 6) is 0. The van der Waals surface area contributed by atoms with Crippen molar-refractivity contribution in [3.63, 3.8) is 0 Å². The lowest BCUT2D eigenvalue weighted by molar-refractivity contribution is 0.195. The number of piperazine rings is 1. The summed E-state index contributed by atoms with van der Waals surface area (Å²) in [6.45, 7) is 6.78. The highest BCUT2D eigenvalue weighted by Gasteiger charge is 2.39. The lowest BCUT2D eigenvalue weighted by atomic mass is 9.79. The van der Waals surface area contributed by atoms with Crippen molar-refractivity contribution in [2.24, 2.45) is 0 Å². The lowest BCUT2D eigenvalue weighted by Crippen LogP contribution is -2.65. The van der Waals surface area contributed by atoms with Gasteiger partial charge in [0, 0.05) is 29.1 Å². The number of nitrogens with zero attached hydrogens (tertiary/aromatic N) is 1. The summed E-state index contributed by atoms with van der Waals surface area (Å²) in [5.41, 5.74) is 3.07. The van der Waals surface area contributed by atoms with Crippen molar-refractivity contribution in [2.45, 2.75) is 64.0 Å². The SMILES string of the molecule is CCC1CNC2(CCCCC2)CN1c1cccc(C)c1Br. The monoisotopic (exact) mass is 350 g/mol. The summed E-state index contributed by atoms with van der Waals surface area (Å²) in [5, 5.41) is 3.91. The van der Waals surface area contributed by atoms with E-state index in [2.05, 4.69) is 58.2 Å². The molecule has 1 saturated carbocycles. The van der Waals surface area contributed by atoms with Crippen LogP contribution in [0.25, 0.3) is 0 Å². The zero-order valence-corrected chi connectivity index (χ0v) is 14.9. The van der Waals surface area contributed by atoms with Crippen LogP contribution in [0.4, 0.5) is 5.69 Å². The fourth-order valence-corrected chi connectivity index (χ4v) is 4.51. The topological polar surface area (TPSA) is 15.3 Å². The first-order valence-electron chi connectivity index (χ1n) is 8.42. The van der Waals surface area contributed by atoms with Gasteiger partial charge in [-0.15, -0.1) is 0 Å². The molecule has 0 radical (unpaired) electrons. The van der Waals surface area contributed by atoms with Crippen LogP contribution in [0, 0.1) is 6.92 Å². The minimum atomic E-state index is 0.354. The van der Waals surface area contributed by atoms with Crippen molar-refractivity contribution in [3.05, 3.63) is 28.2 Å². The molecule has 1 atom stereocenters. The van der Waals surface area contributed by atoms with Gasteiger partial charge in [-0.25, -0.2) is 0 Å². The second-order valence-electron chi connectivity index (χ2n) is 6.82. The minimum absolute atomic E-state index is 0.354. The molecule has 1 spiro atoms. The van der Waals surface area contributed by atoms with Crippen molar-refractivity contribution in [2.75, 3.05) is 18.0 Å². The summed E-state index contributed by atoms with van der Waals surface area (Å²) < 4.78 is 1.27. The number of rotatable bonds is 2. The third-order valence-corrected chi connectivity index (χ3v) is 6.42. The number of halogens is 1. The summed E-state index contributed by atoms with van der Waals surface area (Å²) in [4.78, 5) is 2.67. The molecule has 3 rings (SSSR count). The van der Waals surface area contributed by atoms with E-state index in [0.717, 1.165) is 13.1 Å². The predicted molar refractivity (Wildman–Crippen MR) is 94.1 cm³/mol. The van der Waals surface area contributed by atoms with E-state index in [9.17, 15) is 0 Å². The maximum Gasteiger partial charge on any atom is 0.0516 e. The van der Waals surface area contributed by atoms with Crippen LogP contribution in [0.2, 0.25) is 0 Å². The largest absolute Gasteiger partial charge is 0.365 e. The van der Waals surface area contributed by atoms with Gasteiger partial charge in [-0.1, -0.05) is 38.3 Å². The third-order valence-electron chi connectivity index (χ3n) is 5.39. The molecule has 21 heavy (non-hydrogen) atoms. The Bertz CT molecular complexity index is 494. The van der Waals surface area contributed by atoms with Gasteiger partial charge in [0.05, 0.1) is 5.69 Å². The van der Waals surface area contributed by atoms with E-state index in [1.165, 1.54) is 54.2 Å². The molecule has 116 valence electrons. The first-order valence-corrected chi connectivity index (χ1v) is 9.21. The van der Waals surface area contributed by atoms with E-state index < -0.39 is 0 Å². The van der Waals surface area contributed by atoms with Gasteiger partial charge in [0.25, 0.3) is 0 Å². The van der Waals surface area contributed by atoms with E-state index in [1.54, 1.807) is 0 Å². The maximum atomic E-state index is 3.91. The molecule has 0 aromatic heterocycles. The fraction of sp³-hybridized carbons (Fsp3) is 0.667. The molecule has 0 bridgehead atoms. The van der Waals surface area contributed by atoms with Crippen molar-refractivity contribution in [1.29, 1.82) is 0 Å².